The third kappa shape index (κ3) is 6.69. The minimum absolute atomic E-state index is 0.0671. The molecule has 2 aliphatic heterocycles. The Balaban J connectivity index is 1.24. The first-order chi connectivity index (χ1) is 32.9. The van der Waals surface area contributed by atoms with Crippen molar-refractivity contribution < 1.29 is 0 Å². The van der Waals surface area contributed by atoms with Gasteiger partial charge in [0.1, 0.15) is 0 Å². The number of hydrogen-bond acceptors (Lipinski definition) is 3. The number of thiophene rings is 1. The summed E-state index contributed by atoms with van der Waals surface area (Å²) < 4.78 is 2.94. The summed E-state index contributed by atoms with van der Waals surface area (Å²) in [5, 5.41) is 1.43. The first kappa shape index (κ1) is 47.7. The van der Waals surface area contributed by atoms with Crippen molar-refractivity contribution >= 4 is 78.0 Å². The highest BCUT2D eigenvalue weighted by Crippen LogP contribution is 2.57. The molecule has 2 nitrogen and oxygen atoms in total. The van der Waals surface area contributed by atoms with Gasteiger partial charge in [-0.2, -0.15) is 0 Å². The molecule has 0 saturated carbocycles. The molecule has 6 aromatic rings. The summed E-state index contributed by atoms with van der Waals surface area (Å²) in [5.74, 6) is 0. The Morgan fingerprint density at radius 1 is 0.366 bits per heavy atom. The number of benzene rings is 5. The molecule has 12 rings (SSSR count). The van der Waals surface area contributed by atoms with Crippen LogP contribution in [0.15, 0.2) is 60.7 Å². The van der Waals surface area contributed by atoms with Crippen LogP contribution in [0, 0.1) is 20.8 Å². The van der Waals surface area contributed by atoms with Crippen molar-refractivity contribution in [3.05, 3.63) is 122 Å². The van der Waals surface area contributed by atoms with Crippen LogP contribution in [-0.4, -0.2) is 6.71 Å². The van der Waals surface area contributed by atoms with Gasteiger partial charge in [-0.1, -0.05) is 129 Å². The molecule has 1 aromatic heterocycles. The molecule has 6 aliphatic rings. The normalized spacial score (nSPS) is 22.7. The van der Waals surface area contributed by atoms with Gasteiger partial charge in [0.2, 0.25) is 0 Å². The number of aryl methyl sites for hydroxylation is 3. The van der Waals surface area contributed by atoms with Crippen molar-refractivity contribution in [3.8, 4) is 0 Å². The number of fused-ring (bicyclic) bond motifs is 10. The van der Waals surface area contributed by atoms with Crippen LogP contribution in [0.3, 0.4) is 0 Å². The lowest BCUT2D eigenvalue weighted by Crippen LogP contribution is -2.61. The van der Waals surface area contributed by atoms with Crippen LogP contribution in [0.5, 0.6) is 0 Å². The van der Waals surface area contributed by atoms with E-state index < -0.39 is 0 Å². The molecule has 71 heavy (non-hydrogen) atoms. The lowest BCUT2D eigenvalue weighted by Gasteiger charge is -2.48. The average Bonchev–Trinajstić information content (AvgIpc) is 3.65. The summed E-state index contributed by atoms with van der Waals surface area (Å²) in [7, 11) is 0. The van der Waals surface area contributed by atoms with Gasteiger partial charge in [0.05, 0.1) is 5.69 Å². The summed E-state index contributed by atoms with van der Waals surface area (Å²) in [4.78, 5) is 5.60. The summed E-state index contributed by atoms with van der Waals surface area (Å²) in [5.41, 5.74) is 28.3. The van der Waals surface area contributed by atoms with Crippen LogP contribution in [0.4, 0.5) is 34.1 Å². The van der Waals surface area contributed by atoms with Gasteiger partial charge < -0.3 is 9.80 Å². The average molecular weight is 959 g/mol. The van der Waals surface area contributed by atoms with Crippen molar-refractivity contribution in [3.63, 3.8) is 0 Å². The highest BCUT2D eigenvalue weighted by molar-refractivity contribution is 7.33. The molecule has 0 atom stereocenters. The topological polar surface area (TPSA) is 6.48 Å². The van der Waals surface area contributed by atoms with Gasteiger partial charge in [-0.25, -0.2) is 0 Å². The van der Waals surface area contributed by atoms with Crippen LogP contribution in [0.1, 0.15) is 223 Å². The predicted octanol–water partition coefficient (Wildman–Crippen LogP) is 17.3. The molecule has 0 amide bonds. The highest BCUT2D eigenvalue weighted by atomic mass is 32.1. The molecule has 0 fully saturated rings. The highest BCUT2D eigenvalue weighted by Gasteiger charge is 2.50. The first-order valence-electron chi connectivity index (χ1n) is 27.7. The van der Waals surface area contributed by atoms with Gasteiger partial charge in [0, 0.05) is 43.3 Å². The second-order valence-corrected chi connectivity index (χ2v) is 30.5. The maximum absolute atomic E-state index is 2.82. The van der Waals surface area contributed by atoms with Crippen LogP contribution >= 0.6 is 11.3 Å². The third-order valence-corrected chi connectivity index (χ3v) is 21.8. The van der Waals surface area contributed by atoms with Gasteiger partial charge in [-0.05, 0) is 230 Å². The quantitative estimate of drug-likeness (QED) is 0.159. The van der Waals surface area contributed by atoms with Crippen molar-refractivity contribution in [1.29, 1.82) is 0 Å². The number of rotatable bonds is 2. The van der Waals surface area contributed by atoms with Crippen molar-refractivity contribution in [2.24, 2.45) is 0 Å². The molecule has 3 heterocycles. The fourth-order valence-electron chi connectivity index (χ4n) is 15.1. The minimum Gasteiger partial charge on any atom is -0.311 e. The smallest absolute Gasteiger partial charge is 0.264 e. The molecule has 5 aromatic carbocycles. The molecule has 0 unspecified atom stereocenters. The van der Waals surface area contributed by atoms with Crippen molar-refractivity contribution in [2.45, 2.75) is 226 Å². The zero-order chi connectivity index (χ0) is 50.9. The monoisotopic (exact) mass is 959 g/mol. The lowest BCUT2D eigenvalue weighted by molar-refractivity contribution is 0.331. The van der Waals surface area contributed by atoms with Gasteiger partial charge in [0.25, 0.3) is 6.71 Å². The van der Waals surface area contributed by atoms with Gasteiger partial charge >= 0.3 is 0 Å². The van der Waals surface area contributed by atoms with E-state index in [0.717, 1.165) is 0 Å². The Labute approximate surface area is 433 Å². The molecule has 0 bridgehead atoms. The molecule has 4 aliphatic carbocycles. The third-order valence-electron chi connectivity index (χ3n) is 20.6. The van der Waals surface area contributed by atoms with E-state index in [2.05, 4.69) is 213 Å². The Hall–Kier alpha value is -4.28. The van der Waals surface area contributed by atoms with Crippen molar-refractivity contribution in [2.75, 3.05) is 9.80 Å². The van der Waals surface area contributed by atoms with E-state index in [0.29, 0.717) is 0 Å². The summed E-state index contributed by atoms with van der Waals surface area (Å²) in [6, 6.07) is 26.5. The predicted molar refractivity (Wildman–Crippen MR) is 311 cm³/mol. The number of nitrogens with zero attached hydrogens (tertiary/aromatic N) is 2. The zero-order valence-electron chi connectivity index (χ0n) is 47.3. The van der Waals surface area contributed by atoms with E-state index >= 15 is 0 Å². The van der Waals surface area contributed by atoms with E-state index in [1.165, 1.54) is 156 Å². The second-order valence-electron chi connectivity index (χ2n) is 29.4. The number of anilines is 6. The van der Waals surface area contributed by atoms with E-state index in [9.17, 15) is 0 Å². The molecular formula is C67H83BN2S. The summed E-state index contributed by atoms with van der Waals surface area (Å²) in [6.45, 7) is 47.3. The first-order valence-corrected chi connectivity index (χ1v) is 28.5. The Morgan fingerprint density at radius 2 is 0.704 bits per heavy atom. The van der Waals surface area contributed by atoms with Crippen molar-refractivity contribution in [1.82, 2.24) is 0 Å². The molecule has 0 spiro atoms. The van der Waals surface area contributed by atoms with E-state index in [1.807, 2.05) is 0 Å². The molecule has 0 N–H and O–H groups in total. The van der Waals surface area contributed by atoms with Gasteiger partial charge in [-0.3, -0.25) is 0 Å². The fraction of sp³-hybridized carbons (Fsp3) is 0.522. The SMILES string of the molecule is Cc1cc2c3c(c1)N(c1cc4c(cc1C)C(C)(C)CCC4(C)C)c1c(sc4cc5c(cc14)C(C)(C)CCC5(C)C)B3c1cc3c(cc1N2c1cc2c(cc1C)C(C)(C)CCC2(C)C)C(C)(C)CCC3(C)C. The molecule has 4 heteroatoms. The van der Waals surface area contributed by atoms with Gasteiger partial charge in [-0.15, -0.1) is 11.3 Å². The minimum atomic E-state index is 0.0671. The molecule has 0 radical (unpaired) electrons. The van der Waals surface area contributed by atoms with Crippen LogP contribution in [-0.2, 0) is 43.3 Å². The number of hydrogen-bond donors (Lipinski definition) is 0. The Morgan fingerprint density at radius 3 is 1.14 bits per heavy atom. The maximum Gasteiger partial charge on any atom is 0.264 e. The Kier molecular flexibility index (Phi) is 9.75. The molecule has 370 valence electrons. The van der Waals surface area contributed by atoms with Crippen LogP contribution in [0.25, 0.3) is 10.1 Å². The van der Waals surface area contributed by atoms with Crippen LogP contribution in [0.2, 0.25) is 0 Å². The van der Waals surface area contributed by atoms with Crippen LogP contribution < -0.4 is 25.5 Å². The zero-order valence-corrected chi connectivity index (χ0v) is 48.1. The Bertz CT molecular complexity index is 3320. The van der Waals surface area contributed by atoms with Gasteiger partial charge in [0.15, 0.2) is 0 Å². The molecule has 0 saturated heterocycles. The largest absolute Gasteiger partial charge is 0.311 e. The maximum atomic E-state index is 2.82. The second kappa shape index (κ2) is 14.5. The van der Waals surface area contributed by atoms with E-state index in [4.69, 9.17) is 0 Å². The molecular weight excluding hydrogens is 876 g/mol. The summed E-state index contributed by atoms with van der Waals surface area (Å²) in [6.07, 6.45) is 9.61. The van der Waals surface area contributed by atoms with E-state index in [1.54, 1.807) is 16.7 Å². The van der Waals surface area contributed by atoms with E-state index in [-0.39, 0.29) is 50.0 Å². The summed E-state index contributed by atoms with van der Waals surface area (Å²) >= 11 is 2.11. The standard InChI is InChI=1S/C67H83BN2S/c1-38-28-54-57-55(29-38)70(52-35-47-43(31-40(52)3)61(6,7)21-25-65(47,14)15)58-41-32-44-49(67(18,19)27-22-62(44,8)9)37-56(41)71-59(58)68(57)50-33-45-48(66(16,17)26-23-63(45,10)11)36-53(50)69(54)51-34-46-42(30-39(51)2)60(4,5)20-24-64(46,12)13/h28-37H,20-27H2,1-19H3. The fourth-order valence-corrected chi connectivity index (χ4v) is 16.5. The lowest BCUT2D eigenvalue weighted by atomic mass is 9.35.